The molecule has 0 fully saturated rings. The van der Waals surface area contributed by atoms with E-state index in [0.717, 1.165) is 12.8 Å². The average molecular weight is 321 g/mol. The average Bonchev–Trinajstić information content (AvgIpc) is 2.38. The summed E-state index contributed by atoms with van der Waals surface area (Å²) < 4.78 is 30.4. The Morgan fingerprint density at radius 3 is 1.62 bits per heavy atom. The van der Waals surface area contributed by atoms with Crippen molar-refractivity contribution in [2.75, 3.05) is 5.75 Å². The molecule has 0 aliphatic rings. The first kappa shape index (κ1) is 20.9. The first-order valence-electron chi connectivity index (χ1n) is 8.72. The molecular weight excluding hydrogens is 284 g/mol. The van der Waals surface area contributed by atoms with Gasteiger partial charge in [0, 0.05) is 0 Å². The predicted octanol–water partition coefficient (Wildman–Crippen LogP) is 5.60. The van der Waals surface area contributed by atoms with Gasteiger partial charge in [-0.25, -0.2) is 0 Å². The molecule has 0 saturated heterocycles. The van der Waals surface area contributed by atoms with E-state index in [0.29, 0.717) is 6.42 Å². The maximum absolute atomic E-state index is 10.8. The Morgan fingerprint density at radius 1 is 0.762 bits per heavy atom. The molecule has 0 aromatic heterocycles. The quantitative estimate of drug-likeness (QED) is 0.335. The second-order valence-corrected chi connectivity index (χ2v) is 8.70. The van der Waals surface area contributed by atoms with Gasteiger partial charge >= 0.3 is 0 Å². The number of hydrogen-bond acceptors (Lipinski definition) is 2. The zero-order valence-corrected chi connectivity index (χ0v) is 15.2. The third kappa shape index (κ3) is 16.1. The Bertz CT molecular complexity index is 334. The molecule has 0 bridgehead atoms. The van der Waals surface area contributed by atoms with Crippen molar-refractivity contribution in [2.24, 2.45) is 5.41 Å². The molecule has 21 heavy (non-hydrogen) atoms. The van der Waals surface area contributed by atoms with Crippen molar-refractivity contribution >= 4 is 10.1 Å². The molecule has 0 amide bonds. The van der Waals surface area contributed by atoms with Crippen LogP contribution in [0.25, 0.3) is 0 Å². The van der Waals surface area contributed by atoms with E-state index >= 15 is 0 Å². The molecule has 128 valence electrons. The van der Waals surface area contributed by atoms with Crippen molar-refractivity contribution in [1.29, 1.82) is 0 Å². The van der Waals surface area contributed by atoms with E-state index < -0.39 is 10.1 Å². The molecular formula is C17H36O3S. The van der Waals surface area contributed by atoms with E-state index in [4.69, 9.17) is 4.55 Å². The lowest BCUT2D eigenvalue weighted by molar-refractivity contribution is 0.304. The van der Waals surface area contributed by atoms with E-state index in [9.17, 15) is 8.42 Å². The molecule has 0 rings (SSSR count). The molecule has 0 atom stereocenters. The normalized spacial score (nSPS) is 12.8. The molecule has 0 unspecified atom stereocenters. The maximum Gasteiger partial charge on any atom is 0.264 e. The molecule has 0 aromatic carbocycles. The van der Waals surface area contributed by atoms with Gasteiger partial charge in [0.2, 0.25) is 0 Å². The van der Waals surface area contributed by atoms with Crippen molar-refractivity contribution in [2.45, 2.75) is 97.8 Å². The fourth-order valence-corrected chi connectivity index (χ4v) is 3.43. The summed E-state index contributed by atoms with van der Waals surface area (Å²) in [5.41, 5.74) is 0.00987. The smallest absolute Gasteiger partial charge is 0.264 e. The minimum absolute atomic E-state index is 0.00987. The van der Waals surface area contributed by atoms with Crippen molar-refractivity contribution < 1.29 is 13.0 Å². The van der Waals surface area contributed by atoms with E-state index in [1.807, 2.05) is 0 Å². The van der Waals surface area contributed by atoms with Crippen molar-refractivity contribution in [1.82, 2.24) is 0 Å². The lowest BCUT2D eigenvalue weighted by Gasteiger charge is -2.23. The van der Waals surface area contributed by atoms with Crippen LogP contribution in [0.5, 0.6) is 0 Å². The van der Waals surface area contributed by atoms with Crippen molar-refractivity contribution in [3.63, 3.8) is 0 Å². The van der Waals surface area contributed by atoms with Gasteiger partial charge in [0.1, 0.15) is 0 Å². The Balaban J connectivity index is 3.44. The molecule has 3 nitrogen and oxygen atoms in total. The zero-order valence-electron chi connectivity index (χ0n) is 14.4. The number of rotatable bonds is 14. The molecule has 0 aliphatic heterocycles. The first-order valence-corrected chi connectivity index (χ1v) is 10.3. The van der Waals surface area contributed by atoms with Crippen LogP contribution >= 0.6 is 0 Å². The highest BCUT2D eigenvalue weighted by molar-refractivity contribution is 7.85. The van der Waals surface area contributed by atoms with Crippen LogP contribution < -0.4 is 0 Å². The van der Waals surface area contributed by atoms with Crippen LogP contribution in [0.15, 0.2) is 0 Å². The summed E-state index contributed by atoms with van der Waals surface area (Å²) in [6, 6.07) is 0. The van der Waals surface area contributed by atoms with Gasteiger partial charge in [-0.15, -0.1) is 0 Å². The molecule has 0 radical (unpaired) electrons. The molecule has 1 N–H and O–H groups in total. The van der Waals surface area contributed by atoms with Crippen LogP contribution in [0.1, 0.15) is 97.8 Å². The van der Waals surface area contributed by atoms with Crippen LogP contribution in [0, 0.1) is 5.41 Å². The lowest BCUT2D eigenvalue weighted by Crippen LogP contribution is -2.17. The minimum Gasteiger partial charge on any atom is -0.286 e. The topological polar surface area (TPSA) is 54.4 Å². The van der Waals surface area contributed by atoms with Gasteiger partial charge in [0.25, 0.3) is 10.1 Å². The molecule has 0 aliphatic carbocycles. The lowest BCUT2D eigenvalue weighted by atomic mass is 9.84. The second-order valence-electron chi connectivity index (χ2n) is 7.13. The Hall–Kier alpha value is -0.0900. The Kier molecular flexibility index (Phi) is 11.4. The van der Waals surface area contributed by atoms with E-state index in [1.54, 1.807) is 0 Å². The summed E-state index contributed by atoms with van der Waals surface area (Å²) >= 11 is 0. The number of unbranched alkanes of at least 4 members (excludes halogenated alkanes) is 9. The summed E-state index contributed by atoms with van der Waals surface area (Å²) in [6.07, 6.45) is 14.8. The third-order valence-electron chi connectivity index (χ3n) is 4.24. The molecule has 0 heterocycles. The van der Waals surface area contributed by atoms with E-state index in [-0.39, 0.29) is 11.2 Å². The highest BCUT2D eigenvalue weighted by Gasteiger charge is 2.20. The second kappa shape index (κ2) is 11.5. The van der Waals surface area contributed by atoms with Gasteiger partial charge in [0.05, 0.1) is 5.75 Å². The fourth-order valence-electron chi connectivity index (χ4n) is 2.62. The SMILES string of the molecule is CCCCCCCCCCCCC(C)(C)CCS(=O)(=O)O. The van der Waals surface area contributed by atoms with Crippen LogP contribution in [0.4, 0.5) is 0 Å². The van der Waals surface area contributed by atoms with E-state index in [2.05, 4.69) is 20.8 Å². The Labute approximate surface area is 132 Å². The highest BCUT2D eigenvalue weighted by Crippen LogP contribution is 2.28. The molecule has 4 heteroatoms. The third-order valence-corrected chi connectivity index (χ3v) is 4.96. The number of hydrogen-bond donors (Lipinski definition) is 1. The van der Waals surface area contributed by atoms with Gasteiger partial charge in [0.15, 0.2) is 0 Å². The molecule has 0 spiro atoms. The summed E-state index contributed by atoms with van der Waals surface area (Å²) in [5.74, 6) is -0.113. The summed E-state index contributed by atoms with van der Waals surface area (Å²) in [5, 5.41) is 0. The van der Waals surface area contributed by atoms with Gasteiger partial charge < -0.3 is 0 Å². The predicted molar refractivity (Wildman–Crippen MR) is 91.3 cm³/mol. The van der Waals surface area contributed by atoms with Gasteiger partial charge in [-0.05, 0) is 18.3 Å². The van der Waals surface area contributed by atoms with Crippen molar-refractivity contribution in [3.8, 4) is 0 Å². The van der Waals surface area contributed by atoms with Gasteiger partial charge in [-0.3, -0.25) is 4.55 Å². The standard InChI is InChI=1S/C17H36O3S/c1-4-5-6-7-8-9-10-11-12-13-14-17(2,3)15-16-21(18,19)20/h4-16H2,1-3H3,(H,18,19,20). The maximum atomic E-state index is 10.8. The zero-order chi connectivity index (χ0) is 16.2. The Morgan fingerprint density at radius 2 is 1.19 bits per heavy atom. The first-order chi connectivity index (χ1) is 9.77. The molecule has 0 saturated carbocycles. The summed E-state index contributed by atoms with van der Waals surface area (Å²) in [6.45, 7) is 6.43. The van der Waals surface area contributed by atoms with Crippen LogP contribution in [-0.4, -0.2) is 18.7 Å². The fraction of sp³-hybridized carbons (Fsp3) is 1.00. The van der Waals surface area contributed by atoms with E-state index in [1.165, 1.54) is 57.8 Å². The van der Waals surface area contributed by atoms with Crippen molar-refractivity contribution in [3.05, 3.63) is 0 Å². The van der Waals surface area contributed by atoms with Gasteiger partial charge in [-0.2, -0.15) is 8.42 Å². The highest BCUT2D eigenvalue weighted by atomic mass is 32.2. The summed E-state index contributed by atoms with van der Waals surface area (Å²) in [4.78, 5) is 0. The summed E-state index contributed by atoms with van der Waals surface area (Å²) in [7, 11) is -3.81. The van der Waals surface area contributed by atoms with Crippen LogP contribution in [0.2, 0.25) is 0 Å². The van der Waals surface area contributed by atoms with Crippen LogP contribution in [-0.2, 0) is 10.1 Å². The van der Waals surface area contributed by atoms with Gasteiger partial charge in [-0.1, -0.05) is 85.0 Å². The molecule has 0 aromatic rings. The largest absolute Gasteiger partial charge is 0.286 e. The monoisotopic (exact) mass is 320 g/mol. The van der Waals surface area contributed by atoms with Crippen LogP contribution in [0.3, 0.4) is 0 Å². The minimum atomic E-state index is -3.81.